The maximum absolute atomic E-state index is 5.90. The molecule has 0 saturated carbocycles. The standard InChI is InChI=1S/C23H22N4OS/c1-16-11-13-17(14-12-16)22-26-25-21(28-22)15-29-23-24-19-9-5-6-10-20(19)27(23)18-7-3-2-4-8-18/h2-4,7-8,11-14H,5-6,9-10,15H2,1H3. The van der Waals surface area contributed by atoms with Gasteiger partial charge in [-0.3, -0.25) is 4.57 Å². The second-order valence-electron chi connectivity index (χ2n) is 7.32. The van der Waals surface area contributed by atoms with Gasteiger partial charge in [0.1, 0.15) is 0 Å². The summed E-state index contributed by atoms with van der Waals surface area (Å²) >= 11 is 1.66. The van der Waals surface area contributed by atoms with E-state index in [1.165, 1.54) is 29.8 Å². The fourth-order valence-corrected chi connectivity index (χ4v) is 4.60. The number of hydrogen-bond donors (Lipinski definition) is 0. The monoisotopic (exact) mass is 402 g/mol. The van der Waals surface area contributed by atoms with Crippen molar-refractivity contribution in [2.75, 3.05) is 0 Å². The first-order chi connectivity index (χ1) is 14.3. The molecule has 5 rings (SSSR count). The predicted octanol–water partition coefficient (Wildman–Crippen LogP) is 5.40. The Morgan fingerprint density at radius 1 is 0.966 bits per heavy atom. The molecule has 2 heterocycles. The van der Waals surface area contributed by atoms with E-state index in [9.17, 15) is 0 Å². The van der Waals surface area contributed by atoms with E-state index in [4.69, 9.17) is 9.40 Å². The molecule has 0 amide bonds. The fraction of sp³-hybridized carbons (Fsp3) is 0.261. The lowest BCUT2D eigenvalue weighted by molar-refractivity contribution is 0.528. The summed E-state index contributed by atoms with van der Waals surface area (Å²) in [5, 5.41) is 9.46. The van der Waals surface area contributed by atoms with Crippen molar-refractivity contribution in [1.29, 1.82) is 0 Å². The summed E-state index contributed by atoms with van der Waals surface area (Å²) in [4.78, 5) is 4.95. The Morgan fingerprint density at radius 3 is 2.59 bits per heavy atom. The molecule has 0 fully saturated rings. The van der Waals surface area contributed by atoms with Crippen LogP contribution in [0.5, 0.6) is 0 Å². The van der Waals surface area contributed by atoms with Gasteiger partial charge in [0.25, 0.3) is 0 Å². The number of aryl methyl sites for hydroxylation is 2. The van der Waals surface area contributed by atoms with E-state index in [1.807, 2.05) is 18.2 Å². The molecule has 29 heavy (non-hydrogen) atoms. The smallest absolute Gasteiger partial charge is 0.247 e. The normalized spacial score (nSPS) is 13.4. The fourth-order valence-electron chi connectivity index (χ4n) is 3.71. The van der Waals surface area contributed by atoms with Crippen molar-refractivity contribution >= 4 is 11.8 Å². The van der Waals surface area contributed by atoms with Gasteiger partial charge in [-0.2, -0.15) is 0 Å². The first-order valence-electron chi connectivity index (χ1n) is 9.96. The molecule has 5 nitrogen and oxygen atoms in total. The number of aromatic nitrogens is 4. The number of hydrogen-bond acceptors (Lipinski definition) is 5. The van der Waals surface area contributed by atoms with Gasteiger partial charge in [-0.15, -0.1) is 10.2 Å². The van der Waals surface area contributed by atoms with E-state index in [0.717, 1.165) is 29.2 Å². The minimum atomic E-state index is 0.561. The molecule has 0 saturated heterocycles. The van der Waals surface area contributed by atoms with Crippen LogP contribution in [0.2, 0.25) is 0 Å². The third-order valence-electron chi connectivity index (χ3n) is 5.21. The lowest BCUT2D eigenvalue weighted by Gasteiger charge is -2.15. The molecule has 2 aromatic heterocycles. The second kappa shape index (κ2) is 7.87. The Bertz CT molecular complexity index is 1120. The van der Waals surface area contributed by atoms with Crippen LogP contribution in [-0.2, 0) is 18.6 Å². The highest BCUT2D eigenvalue weighted by atomic mass is 32.2. The Hall–Kier alpha value is -2.86. The Balaban J connectivity index is 1.40. The molecule has 1 aliphatic rings. The zero-order chi connectivity index (χ0) is 19.6. The van der Waals surface area contributed by atoms with Crippen LogP contribution in [-0.4, -0.2) is 19.7 Å². The first kappa shape index (κ1) is 18.2. The summed E-state index contributed by atoms with van der Waals surface area (Å²) in [6.45, 7) is 2.06. The summed E-state index contributed by atoms with van der Waals surface area (Å²) in [7, 11) is 0. The van der Waals surface area contributed by atoms with Crippen LogP contribution in [0.15, 0.2) is 64.2 Å². The van der Waals surface area contributed by atoms with Crippen LogP contribution in [0.1, 0.15) is 35.7 Å². The summed E-state index contributed by atoms with van der Waals surface area (Å²) < 4.78 is 8.20. The van der Waals surface area contributed by atoms with E-state index >= 15 is 0 Å². The molecule has 6 heteroatoms. The van der Waals surface area contributed by atoms with Gasteiger partial charge in [-0.05, 0) is 56.9 Å². The summed E-state index contributed by atoms with van der Waals surface area (Å²) in [6.07, 6.45) is 4.57. The lowest BCUT2D eigenvalue weighted by Crippen LogP contribution is -2.07. The van der Waals surface area contributed by atoms with E-state index in [1.54, 1.807) is 11.8 Å². The van der Waals surface area contributed by atoms with Crippen molar-refractivity contribution in [3.63, 3.8) is 0 Å². The molecule has 0 atom stereocenters. The quantitative estimate of drug-likeness (QED) is 0.418. The van der Waals surface area contributed by atoms with E-state index in [2.05, 4.69) is 58.1 Å². The molecular formula is C23H22N4OS. The zero-order valence-corrected chi connectivity index (χ0v) is 17.2. The van der Waals surface area contributed by atoms with Crippen LogP contribution in [0.4, 0.5) is 0 Å². The molecule has 4 aromatic rings. The average molecular weight is 403 g/mol. The van der Waals surface area contributed by atoms with Gasteiger partial charge in [-0.1, -0.05) is 47.7 Å². The number of nitrogens with zero attached hydrogens (tertiary/aromatic N) is 4. The predicted molar refractivity (Wildman–Crippen MR) is 114 cm³/mol. The van der Waals surface area contributed by atoms with Crippen LogP contribution in [0, 0.1) is 6.92 Å². The maximum Gasteiger partial charge on any atom is 0.247 e. The number of benzene rings is 2. The average Bonchev–Trinajstić information content (AvgIpc) is 3.38. The van der Waals surface area contributed by atoms with Crippen molar-refractivity contribution in [2.45, 2.75) is 43.5 Å². The highest BCUT2D eigenvalue weighted by Gasteiger charge is 2.22. The maximum atomic E-state index is 5.90. The van der Waals surface area contributed by atoms with Gasteiger partial charge in [0, 0.05) is 16.9 Å². The van der Waals surface area contributed by atoms with Crippen molar-refractivity contribution in [1.82, 2.24) is 19.7 Å². The molecule has 0 spiro atoms. The number of para-hydroxylation sites is 1. The van der Waals surface area contributed by atoms with Crippen LogP contribution < -0.4 is 0 Å². The molecule has 2 aromatic carbocycles. The van der Waals surface area contributed by atoms with Gasteiger partial charge >= 0.3 is 0 Å². The largest absolute Gasteiger partial charge is 0.420 e. The highest BCUT2D eigenvalue weighted by molar-refractivity contribution is 7.98. The van der Waals surface area contributed by atoms with Gasteiger partial charge in [0.05, 0.1) is 11.4 Å². The van der Waals surface area contributed by atoms with Crippen molar-refractivity contribution in [3.8, 4) is 17.1 Å². The molecule has 1 aliphatic carbocycles. The summed E-state index contributed by atoms with van der Waals surface area (Å²) in [5.41, 5.74) is 5.89. The number of rotatable bonds is 5. The minimum Gasteiger partial charge on any atom is -0.420 e. The molecule has 0 aliphatic heterocycles. The lowest BCUT2D eigenvalue weighted by atomic mass is 10.0. The SMILES string of the molecule is Cc1ccc(-c2nnc(CSc3nc4c(n3-c3ccccc3)CCCC4)o2)cc1. The number of imidazole rings is 1. The van der Waals surface area contributed by atoms with Gasteiger partial charge in [-0.25, -0.2) is 4.98 Å². The molecular weight excluding hydrogens is 380 g/mol. The molecule has 0 N–H and O–H groups in total. The topological polar surface area (TPSA) is 56.7 Å². The molecule has 146 valence electrons. The first-order valence-corrected chi connectivity index (χ1v) is 10.9. The molecule has 0 unspecified atom stereocenters. The summed E-state index contributed by atoms with van der Waals surface area (Å²) in [5.74, 6) is 1.78. The number of thioether (sulfide) groups is 1. The summed E-state index contributed by atoms with van der Waals surface area (Å²) in [6, 6.07) is 18.6. The second-order valence-corrected chi connectivity index (χ2v) is 8.26. The Kier molecular flexibility index (Phi) is 4.94. The third kappa shape index (κ3) is 3.72. The van der Waals surface area contributed by atoms with Gasteiger partial charge in [0.2, 0.25) is 11.8 Å². The van der Waals surface area contributed by atoms with E-state index in [0.29, 0.717) is 17.5 Å². The molecule has 0 bridgehead atoms. The van der Waals surface area contributed by atoms with Gasteiger partial charge in [0.15, 0.2) is 5.16 Å². The highest BCUT2D eigenvalue weighted by Crippen LogP contribution is 2.32. The molecule has 0 radical (unpaired) electrons. The van der Waals surface area contributed by atoms with Crippen molar-refractivity contribution in [3.05, 3.63) is 77.4 Å². The number of fused-ring (bicyclic) bond motifs is 1. The Labute approximate surface area is 174 Å². The van der Waals surface area contributed by atoms with Gasteiger partial charge < -0.3 is 4.42 Å². The van der Waals surface area contributed by atoms with E-state index < -0.39 is 0 Å². The minimum absolute atomic E-state index is 0.561. The Morgan fingerprint density at radius 2 is 1.76 bits per heavy atom. The van der Waals surface area contributed by atoms with Crippen LogP contribution in [0.3, 0.4) is 0 Å². The zero-order valence-electron chi connectivity index (χ0n) is 16.3. The van der Waals surface area contributed by atoms with Crippen molar-refractivity contribution < 1.29 is 4.42 Å². The van der Waals surface area contributed by atoms with Crippen LogP contribution >= 0.6 is 11.8 Å². The van der Waals surface area contributed by atoms with Crippen molar-refractivity contribution in [2.24, 2.45) is 0 Å². The van der Waals surface area contributed by atoms with Crippen LogP contribution in [0.25, 0.3) is 17.1 Å². The van der Waals surface area contributed by atoms with E-state index in [-0.39, 0.29) is 0 Å². The third-order valence-corrected chi connectivity index (χ3v) is 6.13.